The molecule has 2 saturated heterocycles. The summed E-state index contributed by atoms with van der Waals surface area (Å²) in [5.74, 6) is 0.541. The lowest BCUT2D eigenvalue weighted by Gasteiger charge is -2.34. The first-order valence-electron chi connectivity index (χ1n) is 13.3. The molecule has 2 aromatic heterocycles. The van der Waals surface area contributed by atoms with Crippen molar-refractivity contribution in [1.29, 1.82) is 0 Å². The molecule has 4 aromatic rings. The first-order chi connectivity index (χ1) is 19.4. The monoisotopic (exact) mass is 632 g/mol. The Bertz CT molecular complexity index is 1540. The van der Waals surface area contributed by atoms with Gasteiger partial charge in [-0.3, -0.25) is 0 Å². The van der Waals surface area contributed by atoms with Crippen molar-refractivity contribution in [3.05, 3.63) is 74.9 Å². The lowest BCUT2D eigenvalue weighted by Crippen LogP contribution is -2.40. The summed E-state index contributed by atoms with van der Waals surface area (Å²) in [4.78, 5) is 11.5. The molecular formula is C29H28BrClF2N4O3. The van der Waals surface area contributed by atoms with Crippen molar-refractivity contribution >= 4 is 44.5 Å². The SMILES string of the molecule is Cc1c(Br)cc2c(nc(N3CCC(Oc4cccc(COc5ccc(Cl)cc5F)n4)CC3)n2C[C@@H]2CCO2)c1F. The number of benzene rings is 2. The molecule has 11 heteroatoms. The minimum absolute atomic E-state index is 0.0328. The van der Waals surface area contributed by atoms with E-state index in [2.05, 4.69) is 30.4 Å². The van der Waals surface area contributed by atoms with E-state index in [1.165, 1.54) is 12.1 Å². The van der Waals surface area contributed by atoms with E-state index in [-0.39, 0.29) is 30.4 Å². The summed E-state index contributed by atoms with van der Waals surface area (Å²) in [6, 6.07) is 11.7. The van der Waals surface area contributed by atoms with Gasteiger partial charge in [-0.1, -0.05) is 33.6 Å². The summed E-state index contributed by atoms with van der Waals surface area (Å²) >= 11 is 9.31. The van der Waals surface area contributed by atoms with Crippen LogP contribution in [-0.2, 0) is 17.9 Å². The molecule has 0 radical (unpaired) electrons. The van der Waals surface area contributed by atoms with Crippen LogP contribution >= 0.6 is 27.5 Å². The lowest BCUT2D eigenvalue weighted by atomic mass is 10.1. The second kappa shape index (κ2) is 11.5. The molecule has 0 unspecified atom stereocenters. The first-order valence-corrected chi connectivity index (χ1v) is 14.4. The predicted octanol–water partition coefficient (Wildman–Crippen LogP) is 6.85. The van der Waals surface area contributed by atoms with Crippen LogP contribution in [0, 0.1) is 18.6 Å². The van der Waals surface area contributed by atoms with Gasteiger partial charge >= 0.3 is 0 Å². The van der Waals surface area contributed by atoms with Gasteiger partial charge in [0.05, 0.1) is 23.9 Å². The van der Waals surface area contributed by atoms with Crippen molar-refractivity contribution < 1.29 is 23.0 Å². The van der Waals surface area contributed by atoms with Crippen molar-refractivity contribution in [3.63, 3.8) is 0 Å². The Labute approximate surface area is 244 Å². The average Bonchev–Trinajstić information content (AvgIpc) is 3.27. The molecule has 0 amide bonds. The van der Waals surface area contributed by atoms with Gasteiger partial charge in [0.15, 0.2) is 17.4 Å². The zero-order valence-corrected chi connectivity index (χ0v) is 24.2. The fourth-order valence-corrected chi connectivity index (χ4v) is 5.57. The molecule has 2 fully saturated rings. The minimum atomic E-state index is -0.522. The summed E-state index contributed by atoms with van der Waals surface area (Å²) < 4.78 is 49.5. The Morgan fingerprint density at radius 3 is 2.62 bits per heavy atom. The number of piperidine rings is 1. The fourth-order valence-electron chi connectivity index (χ4n) is 5.02. The highest BCUT2D eigenvalue weighted by atomic mass is 79.9. The minimum Gasteiger partial charge on any atom is -0.484 e. The molecule has 0 saturated carbocycles. The van der Waals surface area contributed by atoms with Gasteiger partial charge in [-0.25, -0.2) is 18.7 Å². The number of pyridine rings is 1. The molecule has 2 aliphatic heterocycles. The first kappa shape index (κ1) is 27.2. The maximum atomic E-state index is 15.2. The molecular weight excluding hydrogens is 606 g/mol. The van der Waals surface area contributed by atoms with Crippen LogP contribution in [0.2, 0.25) is 5.02 Å². The van der Waals surface area contributed by atoms with Gasteiger partial charge in [0.2, 0.25) is 11.8 Å². The number of anilines is 1. The van der Waals surface area contributed by atoms with Crippen molar-refractivity contribution in [3.8, 4) is 11.6 Å². The van der Waals surface area contributed by atoms with E-state index in [0.717, 1.165) is 41.8 Å². The quantitative estimate of drug-likeness (QED) is 0.212. The standard InChI is InChI=1S/C29H28BrClF2N4O3/c1-17-22(30)14-24-28(27(17)33)35-29(37(24)15-21-9-12-38-21)36-10-7-20(8-11-36)40-26-4-2-3-19(34-26)16-39-25-6-5-18(31)13-23(25)32/h2-6,13-14,20-21H,7-12,15-16H2,1H3/t21-/m0/s1. The Kier molecular flexibility index (Phi) is 7.83. The van der Waals surface area contributed by atoms with Crippen LogP contribution < -0.4 is 14.4 Å². The Morgan fingerprint density at radius 1 is 1.10 bits per heavy atom. The third kappa shape index (κ3) is 5.62. The molecule has 2 aliphatic rings. The van der Waals surface area contributed by atoms with Gasteiger partial charge in [-0.2, -0.15) is 0 Å². The van der Waals surface area contributed by atoms with Crippen LogP contribution in [0.1, 0.15) is 30.5 Å². The molecule has 0 bridgehead atoms. The zero-order valence-electron chi connectivity index (χ0n) is 21.9. The van der Waals surface area contributed by atoms with E-state index in [9.17, 15) is 4.39 Å². The summed E-state index contributed by atoms with van der Waals surface area (Å²) in [5, 5.41) is 0.310. The molecule has 0 N–H and O–H groups in total. The molecule has 4 heterocycles. The van der Waals surface area contributed by atoms with Crippen molar-refractivity contribution in [2.45, 2.75) is 51.5 Å². The number of imidazole rings is 1. The maximum absolute atomic E-state index is 15.2. The number of ether oxygens (including phenoxy) is 3. The van der Waals surface area contributed by atoms with E-state index in [0.29, 0.717) is 47.3 Å². The number of aromatic nitrogens is 3. The summed E-state index contributed by atoms with van der Waals surface area (Å²) in [5.41, 5.74) is 2.32. The van der Waals surface area contributed by atoms with Crippen LogP contribution in [0.15, 0.2) is 46.9 Å². The van der Waals surface area contributed by atoms with Crippen LogP contribution in [0.3, 0.4) is 0 Å². The number of hydrogen-bond donors (Lipinski definition) is 0. The maximum Gasteiger partial charge on any atom is 0.213 e. The molecule has 210 valence electrons. The highest BCUT2D eigenvalue weighted by Crippen LogP contribution is 2.33. The van der Waals surface area contributed by atoms with E-state index in [1.54, 1.807) is 25.1 Å². The van der Waals surface area contributed by atoms with E-state index >= 15 is 4.39 Å². The van der Waals surface area contributed by atoms with Crippen molar-refractivity contribution in [1.82, 2.24) is 14.5 Å². The van der Waals surface area contributed by atoms with Crippen molar-refractivity contribution in [2.24, 2.45) is 0 Å². The molecule has 40 heavy (non-hydrogen) atoms. The van der Waals surface area contributed by atoms with Crippen LogP contribution in [-0.4, -0.2) is 46.4 Å². The van der Waals surface area contributed by atoms with Gasteiger partial charge in [0, 0.05) is 53.7 Å². The van der Waals surface area contributed by atoms with Gasteiger partial charge in [-0.05, 0) is 43.7 Å². The highest BCUT2D eigenvalue weighted by Gasteiger charge is 2.29. The zero-order chi connectivity index (χ0) is 27.8. The molecule has 2 aromatic carbocycles. The normalized spacial score (nSPS) is 17.7. The van der Waals surface area contributed by atoms with Gasteiger partial charge < -0.3 is 23.7 Å². The third-order valence-electron chi connectivity index (χ3n) is 7.39. The number of hydrogen-bond acceptors (Lipinski definition) is 6. The molecule has 1 atom stereocenters. The third-order valence-corrected chi connectivity index (χ3v) is 8.45. The highest BCUT2D eigenvalue weighted by molar-refractivity contribution is 9.10. The molecule has 7 nitrogen and oxygen atoms in total. The number of nitrogens with zero attached hydrogens (tertiary/aromatic N) is 4. The van der Waals surface area contributed by atoms with Crippen LogP contribution in [0.4, 0.5) is 14.7 Å². The van der Waals surface area contributed by atoms with E-state index in [4.69, 9.17) is 30.8 Å². The number of rotatable bonds is 8. The summed E-state index contributed by atoms with van der Waals surface area (Å²) in [7, 11) is 0. The summed E-state index contributed by atoms with van der Waals surface area (Å²) in [6.45, 7) is 4.66. The second-order valence-corrected chi connectivity index (χ2v) is 11.4. The lowest BCUT2D eigenvalue weighted by molar-refractivity contribution is -0.0585. The van der Waals surface area contributed by atoms with Crippen molar-refractivity contribution in [2.75, 3.05) is 24.6 Å². The van der Waals surface area contributed by atoms with Gasteiger partial charge in [0.25, 0.3) is 0 Å². The topological polar surface area (TPSA) is 61.6 Å². The van der Waals surface area contributed by atoms with Gasteiger partial charge in [-0.15, -0.1) is 0 Å². The van der Waals surface area contributed by atoms with Gasteiger partial charge in [0.1, 0.15) is 18.2 Å². The van der Waals surface area contributed by atoms with E-state index in [1.807, 2.05) is 12.1 Å². The molecule has 0 aliphatic carbocycles. The fraction of sp³-hybridized carbons (Fsp3) is 0.379. The molecule has 6 rings (SSSR count). The Morgan fingerprint density at radius 2 is 1.90 bits per heavy atom. The average molecular weight is 634 g/mol. The Hall–Kier alpha value is -2.95. The number of halogens is 4. The predicted molar refractivity (Wildman–Crippen MR) is 152 cm³/mol. The largest absolute Gasteiger partial charge is 0.484 e. The summed E-state index contributed by atoms with van der Waals surface area (Å²) in [6.07, 6.45) is 2.57. The Balaban J connectivity index is 1.12. The smallest absolute Gasteiger partial charge is 0.213 e. The molecule has 0 spiro atoms. The number of fused-ring (bicyclic) bond motifs is 1. The van der Waals surface area contributed by atoms with E-state index < -0.39 is 5.82 Å². The van der Waals surface area contributed by atoms with Crippen LogP contribution in [0.5, 0.6) is 11.6 Å². The van der Waals surface area contributed by atoms with Crippen LogP contribution in [0.25, 0.3) is 11.0 Å². The second-order valence-electron chi connectivity index (χ2n) is 10.1.